The summed E-state index contributed by atoms with van der Waals surface area (Å²) in [4.78, 5) is 23.1. The van der Waals surface area contributed by atoms with Gasteiger partial charge in [0.1, 0.15) is 0 Å². The quantitative estimate of drug-likeness (QED) is 0.825. The van der Waals surface area contributed by atoms with Gasteiger partial charge >= 0.3 is 6.03 Å². The van der Waals surface area contributed by atoms with Crippen molar-refractivity contribution in [3.63, 3.8) is 0 Å². The molecule has 1 aliphatic rings. The highest BCUT2D eigenvalue weighted by Gasteiger charge is 2.17. The lowest BCUT2D eigenvalue weighted by Gasteiger charge is -2.12. The van der Waals surface area contributed by atoms with E-state index >= 15 is 0 Å². The average molecular weight is 296 g/mol. The lowest BCUT2D eigenvalue weighted by Crippen LogP contribution is -2.39. The molecule has 0 fully saturated rings. The minimum absolute atomic E-state index is 0.422. The van der Waals surface area contributed by atoms with Crippen molar-refractivity contribution in [2.75, 3.05) is 13.2 Å². The molecule has 3 amide bonds. The Kier molecular flexibility index (Phi) is 4.73. The lowest BCUT2D eigenvalue weighted by atomic mass is 10.3. The van der Waals surface area contributed by atoms with Crippen molar-refractivity contribution < 1.29 is 19.1 Å². The molecule has 0 spiro atoms. The van der Waals surface area contributed by atoms with Gasteiger partial charge in [-0.3, -0.25) is 10.1 Å². The van der Waals surface area contributed by atoms with Gasteiger partial charge in [-0.1, -0.05) is 0 Å². The molecule has 0 saturated heterocycles. The summed E-state index contributed by atoms with van der Waals surface area (Å²) in [6.45, 7) is 2.95. The van der Waals surface area contributed by atoms with E-state index in [1.807, 2.05) is 18.2 Å². The van der Waals surface area contributed by atoms with E-state index in [2.05, 4.69) is 5.32 Å². The van der Waals surface area contributed by atoms with Gasteiger partial charge in [-0.2, -0.15) is 0 Å². The minimum atomic E-state index is -0.846. The predicted molar refractivity (Wildman–Crippen MR) is 75.1 cm³/mol. The summed E-state index contributed by atoms with van der Waals surface area (Å²) in [5.41, 5.74) is 4.92. The van der Waals surface area contributed by atoms with E-state index in [9.17, 15) is 9.59 Å². The molecule has 0 aromatic heterocycles. The van der Waals surface area contributed by atoms with Crippen LogP contribution in [0.3, 0.4) is 0 Å². The number of hydrogen-bond acceptors (Lipinski definition) is 5. The number of imide groups is 1. The second kappa shape index (κ2) is 6.51. The Morgan fingerprint density at radius 1 is 1.30 bits per heavy atom. The van der Waals surface area contributed by atoms with Gasteiger partial charge in [0.25, 0.3) is 0 Å². The van der Waals surface area contributed by atoms with E-state index < -0.39 is 17.2 Å². The third kappa shape index (κ3) is 3.80. The van der Waals surface area contributed by atoms with Crippen LogP contribution in [-0.4, -0.2) is 30.4 Å². The van der Waals surface area contributed by atoms with Crippen LogP contribution in [0.4, 0.5) is 4.79 Å². The molecular weight excluding hydrogens is 280 g/mol. The van der Waals surface area contributed by atoms with Gasteiger partial charge in [0.2, 0.25) is 5.91 Å². The monoisotopic (exact) mass is 296 g/mol. The fourth-order valence-corrected chi connectivity index (χ4v) is 2.59. The molecule has 0 aliphatic carbocycles. The second-order valence-electron chi connectivity index (χ2n) is 4.27. The standard InChI is InChI=1S/C13H16N2O4S/c1-8(12(16)15-13(14)17)20-9-3-4-10-11(7-9)19-6-2-5-18-10/h3-4,7-8H,2,5-6H2,1H3,(H3,14,15,16,17)/t8-/m1/s1. The molecule has 0 bridgehead atoms. The molecule has 7 heteroatoms. The lowest BCUT2D eigenvalue weighted by molar-refractivity contribution is -0.119. The zero-order valence-corrected chi connectivity index (χ0v) is 11.9. The number of hydrogen-bond donors (Lipinski definition) is 2. The normalized spacial score (nSPS) is 15.1. The zero-order chi connectivity index (χ0) is 14.5. The summed E-state index contributed by atoms with van der Waals surface area (Å²) >= 11 is 1.32. The average Bonchev–Trinajstić information content (AvgIpc) is 2.62. The van der Waals surface area contributed by atoms with Gasteiger partial charge in [-0.05, 0) is 25.1 Å². The molecule has 0 unspecified atom stereocenters. The van der Waals surface area contributed by atoms with Crippen molar-refractivity contribution in [2.24, 2.45) is 5.73 Å². The molecule has 6 nitrogen and oxygen atoms in total. The smallest absolute Gasteiger partial charge is 0.318 e. The van der Waals surface area contributed by atoms with Crippen LogP contribution in [-0.2, 0) is 4.79 Å². The van der Waals surface area contributed by atoms with E-state index in [0.29, 0.717) is 24.7 Å². The van der Waals surface area contributed by atoms with Crippen molar-refractivity contribution in [1.82, 2.24) is 5.32 Å². The van der Waals surface area contributed by atoms with Crippen molar-refractivity contribution in [1.29, 1.82) is 0 Å². The highest BCUT2D eigenvalue weighted by molar-refractivity contribution is 8.00. The molecule has 3 N–H and O–H groups in total. The summed E-state index contributed by atoms with van der Waals surface area (Å²) in [5, 5.41) is 1.62. The number of ether oxygens (including phenoxy) is 2. The summed E-state index contributed by atoms with van der Waals surface area (Å²) in [6.07, 6.45) is 0.842. The first-order valence-electron chi connectivity index (χ1n) is 6.23. The molecule has 1 aromatic carbocycles. The predicted octanol–water partition coefficient (Wildman–Crippen LogP) is 1.52. The van der Waals surface area contributed by atoms with Crippen LogP contribution < -0.4 is 20.5 Å². The minimum Gasteiger partial charge on any atom is -0.490 e. The number of primary amides is 1. The third-order valence-electron chi connectivity index (χ3n) is 2.65. The molecular formula is C13H16N2O4S. The van der Waals surface area contributed by atoms with E-state index in [-0.39, 0.29) is 0 Å². The molecule has 1 heterocycles. The van der Waals surface area contributed by atoms with E-state index in [4.69, 9.17) is 15.2 Å². The number of amides is 3. The fourth-order valence-electron chi connectivity index (χ4n) is 1.70. The number of urea groups is 1. The third-order valence-corrected chi connectivity index (χ3v) is 3.74. The summed E-state index contributed by atoms with van der Waals surface area (Å²) in [5.74, 6) is 0.964. The molecule has 1 atom stereocenters. The number of rotatable bonds is 3. The Hall–Kier alpha value is -1.89. The van der Waals surface area contributed by atoms with Crippen LogP contribution >= 0.6 is 11.8 Å². The Morgan fingerprint density at radius 2 is 2.00 bits per heavy atom. The van der Waals surface area contributed by atoms with Crippen LogP contribution in [0.1, 0.15) is 13.3 Å². The SMILES string of the molecule is C[C@@H](Sc1ccc2c(c1)OCCCO2)C(=O)NC(N)=O. The molecule has 20 heavy (non-hydrogen) atoms. The maximum absolute atomic E-state index is 11.6. The van der Waals surface area contributed by atoms with Crippen LogP contribution in [0.25, 0.3) is 0 Å². The number of benzene rings is 1. The summed E-state index contributed by atoms with van der Waals surface area (Å²) < 4.78 is 11.1. The van der Waals surface area contributed by atoms with Crippen LogP contribution in [0.5, 0.6) is 11.5 Å². The van der Waals surface area contributed by atoms with E-state index in [1.165, 1.54) is 11.8 Å². The Morgan fingerprint density at radius 3 is 2.70 bits per heavy atom. The van der Waals surface area contributed by atoms with Crippen LogP contribution in [0, 0.1) is 0 Å². The first-order chi connectivity index (χ1) is 9.56. The zero-order valence-electron chi connectivity index (χ0n) is 11.0. The molecule has 1 aromatic rings. The van der Waals surface area contributed by atoms with E-state index in [1.54, 1.807) is 6.92 Å². The first-order valence-corrected chi connectivity index (χ1v) is 7.11. The van der Waals surface area contributed by atoms with Crippen molar-refractivity contribution in [3.05, 3.63) is 18.2 Å². The fraction of sp³-hybridized carbons (Fsp3) is 0.385. The van der Waals surface area contributed by atoms with Crippen LogP contribution in [0.15, 0.2) is 23.1 Å². The number of carbonyl (C=O) groups is 2. The number of carbonyl (C=O) groups excluding carboxylic acids is 2. The van der Waals surface area contributed by atoms with Gasteiger partial charge in [0.05, 0.1) is 18.5 Å². The largest absolute Gasteiger partial charge is 0.490 e. The summed E-state index contributed by atoms with van der Waals surface area (Å²) in [7, 11) is 0. The Labute approximate surface area is 121 Å². The highest BCUT2D eigenvalue weighted by Crippen LogP contribution is 2.35. The number of nitrogens with two attached hydrogens (primary N) is 1. The van der Waals surface area contributed by atoms with Crippen molar-refractivity contribution in [2.45, 2.75) is 23.5 Å². The highest BCUT2D eigenvalue weighted by atomic mass is 32.2. The van der Waals surface area contributed by atoms with Gasteiger partial charge in [0.15, 0.2) is 11.5 Å². The maximum Gasteiger partial charge on any atom is 0.318 e. The van der Waals surface area contributed by atoms with E-state index in [0.717, 1.165) is 11.3 Å². The Bertz CT molecular complexity index is 521. The van der Waals surface area contributed by atoms with Gasteiger partial charge in [0, 0.05) is 11.3 Å². The van der Waals surface area contributed by atoms with Crippen molar-refractivity contribution in [3.8, 4) is 11.5 Å². The second-order valence-corrected chi connectivity index (χ2v) is 5.69. The molecule has 2 rings (SSSR count). The summed E-state index contributed by atoms with van der Waals surface area (Å²) in [6, 6.07) is 4.66. The molecule has 0 saturated carbocycles. The number of nitrogens with one attached hydrogen (secondary N) is 1. The van der Waals surface area contributed by atoms with Crippen LogP contribution in [0.2, 0.25) is 0 Å². The number of thioether (sulfide) groups is 1. The first kappa shape index (κ1) is 14.5. The van der Waals surface area contributed by atoms with Crippen molar-refractivity contribution >= 4 is 23.7 Å². The maximum atomic E-state index is 11.6. The van der Waals surface area contributed by atoms with Gasteiger partial charge < -0.3 is 15.2 Å². The molecule has 1 aliphatic heterocycles. The Balaban J connectivity index is 2.04. The topological polar surface area (TPSA) is 90.7 Å². The van der Waals surface area contributed by atoms with Gasteiger partial charge in [-0.15, -0.1) is 11.8 Å². The molecule has 108 valence electrons. The molecule has 0 radical (unpaired) electrons. The number of fused-ring (bicyclic) bond motifs is 1. The van der Waals surface area contributed by atoms with Gasteiger partial charge in [-0.25, -0.2) is 4.79 Å².